The molecule has 1 aliphatic rings. The Morgan fingerprint density at radius 3 is 2.29 bits per heavy atom. The molecule has 1 unspecified atom stereocenters. The number of rotatable bonds is 6. The molecule has 100 valence electrons. The Morgan fingerprint density at radius 1 is 1.29 bits per heavy atom. The maximum Gasteiger partial charge on any atom is 0.322 e. The summed E-state index contributed by atoms with van der Waals surface area (Å²) >= 11 is 0. The van der Waals surface area contributed by atoms with Gasteiger partial charge in [0.1, 0.15) is 6.04 Å². The van der Waals surface area contributed by atoms with Crippen LogP contribution >= 0.6 is 0 Å². The monoisotopic (exact) mass is 243 g/mol. The predicted molar refractivity (Wildman–Crippen MR) is 68.2 cm³/mol. The third-order valence-corrected chi connectivity index (χ3v) is 3.30. The fourth-order valence-corrected chi connectivity index (χ4v) is 2.11. The lowest BCUT2D eigenvalue weighted by atomic mass is 10.2. The normalized spacial score (nSPS) is 20.7. The molecule has 0 aromatic rings. The smallest absolute Gasteiger partial charge is 0.322 e. The van der Waals surface area contributed by atoms with Crippen molar-refractivity contribution in [2.75, 3.05) is 39.3 Å². The van der Waals surface area contributed by atoms with Crippen molar-refractivity contribution in [1.29, 1.82) is 0 Å². The number of aliphatic carboxylic acids is 1. The average Bonchev–Trinajstić information content (AvgIpc) is 2.29. The average molecular weight is 243 g/mol. The fraction of sp³-hybridized carbons (Fsp3) is 0.917. The molecule has 5 heteroatoms. The Balaban J connectivity index is 2.45. The Kier molecular flexibility index (Phi) is 5.88. The summed E-state index contributed by atoms with van der Waals surface area (Å²) in [6, 6.07) is -0.0646. The number of nitrogens with zero attached hydrogens (tertiary/aromatic N) is 2. The second kappa shape index (κ2) is 6.93. The summed E-state index contributed by atoms with van der Waals surface area (Å²) in [6.45, 7) is 11.4. The van der Waals surface area contributed by atoms with Gasteiger partial charge in [-0.3, -0.25) is 9.69 Å². The van der Waals surface area contributed by atoms with Gasteiger partial charge in [0.25, 0.3) is 0 Å². The molecule has 1 saturated heterocycles. The van der Waals surface area contributed by atoms with Crippen LogP contribution in [-0.2, 0) is 4.79 Å². The van der Waals surface area contributed by atoms with Crippen LogP contribution in [0.15, 0.2) is 0 Å². The molecule has 0 saturated carbocycles. The van der Waals surface area contributed by atoms with E-state index < -0.39 is 12.0 Å². The summed E-state index contributed by atoms with van der Waals surface area (Å²) in [4.78, 5) is 15.7. The highest BCUT2D eigenvalue weighted by atomic mass is 16.4. The molecule has 1 rings (SSSR count). The maximum atomic E-state index is 11.3. The minimum Gasteiger partial charge on any atom is -0.480 e. The zero-order valence-corrected chi connectivity index (χ0v) is 11.1. The van der Waals surface area contributed by atoms with Gasteiger partial charge >= 0.3 is 5.97 Å². The second-order valence-electron chi connectivity index (χ2n) is 4.89. The molecular formula is C12H25N3O2. The minimum absolute atomic E-state index is 0.328. The van der Waals surface area contributed by atoms with Crippen LogP contribution in [0.4, 0.5) is 0 Å². The molecule has 0 amide bonds. The Bertz CT molecular complexity index is 238. The highest BCUT2D eigenvalue weighted by Gasteiger charge is 2.28. The first-order chi connectivity index (χ1) is 8.04. The summed E-state index contributed by atoms with van der Waals surface area (Å²) in [5, 5.41) is 12.5. The number of likely N-dealkylation sites (N-methyl/N-ethyl adjacent to an activating group) is 1. The molecule has 1 atom stereocenters. The number of carboxylic acids is 1. The van der Waals surface area contributed by atoms with E-state index in [1.807, 2.05) is 13.8 Å². The highest BCUT2D eigenvalue weighted by Crippen LogP contribution is 2.06. The van der Waals surface area contributed by atoms with Crippen LogP contribution in [0.2, 0.25) is 0 Å². The Labute approximate surface area is 104 Å². The van der Waals surface area contributed by atoms with E-state index in [-0.39, 0.29) is 0 Å². The molecule has 0 aromatic carbocycles. The van der Waals surface area contributed by atoms with Gasteiger partial charge in [-0.05, 0) is 6.54 Å². The van der Waals surface area contributed by atoms with E-state index in [9.17, 15) is 9.90 Å². The largest absolute Gasteiger partial charge is 0.480 e. The topological polar surface area (TPSA) is 55.8 Å². The van der Waals surface area contributed by atoms with Crippen molar-refractivity contribution in [3.05, 3.63) is 0 Å². The van der Waals surface area contributed by atoms with Gasteiger partial charge in [-0.2, -0.15) is 0 Å². The molecule has 0 bridgehead atoms. The standard InChI is InChI=1S/C12H25N3O2/c1-4-14-5-7-15(8-6-14)11(12(16)17)9-13-10(2)3/h10-11,13H,4-9H2,1-3H3,(H,16,17). The lowest BCUT2D eigenvalue weighted by molar-refractivity contribution is -0.143. The van der Waals surface area contributed by atoms with Gasteiger partial charge in [-0.1, -0.05) is 20.8 Å². The molecule has 0 radical (unpaired) electrons. The molecule has 0 aromatic heterocycles. The highest BCUT2D eigenvalue weighted by molar-refractivity contribution is 5.73. The fourth-order valence-electron chi connectivity index (χ4n) is 2.11. The Morgan fingerprint density at radius 2 is 1.88 bits per heavy atom. The van der Waals surface area contributed by atoms with E-state index in [0.29, 0.717) is 12.6 Å². The molecule has 1 aliphatic heterocycles. The zero-order chi connectivity index (χ0) is 12.8. The van der Waals surface area contributed by atoms with Crippen LogP contribution in [-0.4, -0.2) is 72.2 Å². The molecule has 17 heavy (non-hydrogen) atoms. The zero-order valence-electron chi connectivity index (χ0n) is 11.1. The summed E-state index contributed by atoms with van der Waals surface area (Å²) in [5.41, 5.74) is 0. The summed E-state index contributed by atoms with van der Waals surface area (Å²) in [7, 11) is 0. The first-order valence-corrected chi connectivity index (χ1v) is 6.47. The van der Waals surface area contributed by atoms with Crippen LogP contribution < -0.4 is 5.32 Å². The molecule has 2 N–H and O–H groups in total. The summed E-state index contributed by atoms with van der Waals surface area (Å²) < 4.78 is 0. The van der Waals surface area contributed by atoms with Crippen molar-refractivity contribution in [3.63, 3.8) is 0 Å². The second-order valence-corrected chi connectivity index (χ2v) is 4.89. The van der Waals surface area contributed by atoms with Gasteiger partial charge in [-0.25, -0.2) is 0 Å². The van der Waals surface area contributed by atoms with Gasteiger partial charge < -0.3 is 15.3 Å². The minimum atomic E-state index is -0.719. The molecule has 5 nitrogen and oxygen atoms in total. The molecule has 1 fully saturated rings. The summed E-state index contributed by atoms with van der Waals surface area (Å²) in [5.74, 6) is -0.719. The van der Waals surface area contributed by atoms with Crippen LogP contribution in [0.3, 0.4) is 0 Å². The molecule has 0 spiro atoms. The third kappa shape index (κ3) is 4.61. The van der Waals surface area contributed by atoms with Crippen molar-refractivity contribution in [1.82, 2.24) is 15.1 Å². The van der Waals surface area contributed by atoms with E-state index >= 15 is 0 Å². The number of hydrogen-bond acceptors (Lipinski definition) is 4. The number of nitrogens with one attached hydrogen (secondary N) is 1. The first kappa shape index (κ1) is 14.4. The first-order valence-electron chi connectivity index (χ1n) is 6.47. The maximum absolute atomic E-state index is 11.3. The molecule has 1 heterocycles. The van der Waals surface area contributed by atoms with Gasteiger partial charge in [0.2, 0.25) is 0 Å². The lowest BCUT2D eigenvalue weighted by Crippen LogP contribution is -2.55. The van der Waals surface area contributed by atoms with Crippen molar-refractivity contribution in [2.24, 2.45) is 0 Å². The molecule has 0 aliphatic carbocycles. The predicted octanol–water partition coefficient (Wildman–Crippen LogP) is 0.0751. The van der Waals surface area contributed by atoms with Crippen LogP contribution in [0.5, 0.6) is 0 Å². The van der Waals surface area contributed by atoms with Crippen molar-refractivity contribution < 1.29 is 9.90 Å². The Hall–Kier alpha value is -0.650. The van der Waals surface area contributed by atoms with Gasteiger partial charge in [0.15, 0.2) is 0 Å². The van der Waals surface area contributed by atoms with Crippen LogP contribution in [0.1, 0.15) is 20.8 Å². The van der Waals surface area contributed by atoms with E-state index in [4.69, 9.17) is 0 Å². The lowest BCUT2D eigenvalue weighted by Gasteiger charge is -2.37. The third-order valence-electron chi connectivity index (χ3n) is 3.30. The van der Waals surface area contributed by atoms with E-state index in [2.05, 4.69) is 22.0 Å². The van der Waals surface area contributed by atoms with Gasteiger partial charge in [0, 0.05) is 38.8 Å². The van der Waals surface area contributed by atoms with Gasteiger partial charge in [-0.15, -0.1) is 0 Å². The van der Waals surface area contributed by atoms with E-state index in [1.165, 1.54) is 0 Å². The number of piperazine rings is 1. The van der Waals surface area contributed by atoms with Gasteiger partial charge in [0.05, 0.1) is 0 Å². The van der Waals surface area contributed by atoms with E-state index in [1.54, 1.807) is 0 Å². The van der Waals surface area contributed by atoms with Crippen molar-refractivity contribution in [2.45, 2.75) is 32.9 Å². The van der Waals surface area contributed by atoms with Crippen LogP contribution in [0.25, 0.3) is 0 Å². The number of hydrogen-bond donors (Lipinski definition) is 2. The van der Waals surface area contributed by atoms with Crippen molar-refractivity contribution >= 4 is 5.97 Å². The summed E-state index contributed by atoms with van der Waals surface area (Å²) in [6.07, 6.45) is 0. The van der Waals surface area contributed by atoms with Crippen LogP contribution in [0, 0.1) is 0 Å². The van der Waals surface area contributed by atoms with Crippen molar-refractivity contribution in [3.8, 4) is 0 Å². The number of carboxylic acid groups (broad SMARTS) is 1. The number of carbonyl (C=O) groups is 1. The van der Waals surface area contributed by atoms with E-state index in [0.717, 1.165) is 32.7 Å². The quantitative estimate of drug-likeness (QED) is 0.692. The SMILES string of the molecule is CCN1CCN(C(CNC(C)C)C(=O)O)CC1. The molecular weight excluding hydrogens is 218 g/mol.